The lowest BCUT2D eigenvalue weighted by Gasteiger charge is -2.23. The number of hydrogen-bond acceptors (Lipinski definition) is 2. The number of ether oxygens (including phenoxy) is 1. The van der Waals surface area contributed by atoms with E-state index in [1.165, 1.54) is 0 Å². The Balaban J connectivity index is 2.45. The molecule has 0 atom stereocenters. The summed E-state index contributed by atoms with van der Waals surface area (Å²) < 4.78 is 5.45. The van der Waals surface area contributed by atoms with E-state index < -0.39 is 5.41 Å². The molecule has 1 rings (SSSR count). The molecule has 100 valence electrons. The molecule has 0 unspecified atom stereocenters. The maximum atomic E-state index is 12.2. The van der Waals surface area contributed by atoms with Crippen molar-refractivity contribution in [3.05, 3.63) is 35.9 Å². The number of Topliss-reactive ketones (excluding diaryl/α,β-unsaturated/α-hetero) is 1. The Morgan fingerprint density at radius 2 is 1.83 bits per heavy atom. The summed E-state index contributed by atoms with van der Waals surface area (Å²) >= 11 is 0. The van der Waals surface area contributed by atoms with Gasteiger partial charge in [0, 0.05) is 18.4 Å². The van der Waals surface area contributed by atoms with Crippen molar-refractivity contribution < 1.29 is 9.53 Å². The van der Waals surface area contributed by atoms with Crippen LogP contribution in [0.2, 0.25) is 0 Å². The van der Waals surface area contributed by atoms with E-state index in [1.54, 1.807) is 0 Å². The summed E-state index contributed by atoms with van der Waals surface area (Å²) in [6.45, 7) is 7.39. The molecule has 0 aliphatic heterocycles. The molecule has 0 fully saturated rings. The van der Waals surface area contributed by atoms with Gasteiger partial charge in [0.1, 0.15) is 5.78 Å². The van der Waals surface area contributed by atoms with Crippen LogP contribution in [0, 0.1) is 0 Å². The van der Waals surface area contributed by atoms with Gasteiger partial charge in [0.15, 0.2) is 0 Å². The molecule has 1 aromatic carbocycles. The topological polar surface area (TPSA) is 26.3 Å². The van der Waals surface area contributed by atoms with Gasteiger partial charge in [0.2, 0.25) is 0 Å². The van der Waals surface area contributed by atoms with E-state index in [0.29, 0.717) is 13.0 Å². The van der Waals surface area contributed by atoms with Gasteiger partial charge in [-0.15, -0.1) is 0 Å². The number of benzene rings is 1. The summed E-state index contributed by atoms with van der Waals surface area (Å²) in [4.78, 5) is 12.2. The van der Waals surface area contributed by atoms with Gasteiger partial charge in [-0.1, -0.05) is 43.7 Å². The van der Waals surface area contributed by atoms with Gasteiger partial charge in [-0.05, 0) is 25.8 Å². The van der Waals surface area contributed by atoms with Crippen LogP contribution in [0.1, 0.15) is 45.6 Å². The largest absolute Gasteiger partial charge is 0.381 e. The number of carbonyl (C=O) groups excluding carboxylic acids is 1. The van der Waals surface area contributed by atoms with Crippen LogP contribution in [0.3, 0.4) is 0 Å². The Morgan fingerprint density at radius 3 is 2.44 bits per heavy atom. The number of ketones is 1. The molecule has 0 spiro atoms. The van der Waals surface area contributed by atoms with E-state index in [4.69, 9.17) is 4.74 Å². The molecule has 0 aromatic heterocycles. The van der Waals surface area contributed by atoms with Gasteiger partial charge in [0.05, 0.1) is 6.61 Å². The Hall–Kier alpha value is -1.15. The van der Waals surface area contributed by atoms with Crippen molar-refractivity contribution in [3.8, 4) is 0 Å². The third-order valence-corrected chi connectivity index (χ3v) is 3.31. The Labute approximate surface area is 110 Å². The monoisotopic (exact) mass is 248 g/mol. The first-order valence-electron chi connectivity index (χ1n) is 6.75. The minimum absolute atomic E-state index is 0.241. The molecule has 0 radical (unpaired) electrons. The first kappa shape index (κ1) is 14.9. The molecule has 0 aliphatic rings. The summed E-state index contributed by atoms with van der Waals surface area (Å²) in [7, 11) is 0. The lowest BCUT2D eigenvalue weighted by molar-refractivity contribution is -0.124. The summed E-state index contributed by atoms with van der Waals surface area (Å²) in [6.07, 6.45) is 2.69. The van der Waals surface area contributed by atoms with Crippen LogP contribution in [0.5, 0.6) is 0 Å². The van der Waals surface area contributed by atoms with Gasteiger partial charge in [-0.2, -0.15) is 0 Å². The standard InChI is InChI=1S/C16H24O2/c1-4-5-12-18-13-11-15(17)16(2,3)14-9-7-6-8-10-14/h6-10H,4-5,11-13H2,1-3H3. The summed E-state index contributed by atoms with van der Waals surface area (Å²) in [6, 6.07) is 9.94. The minimum atomic E-state index is -0.421. The van der Waals surface area contributed by atoms with Crippen LogP contribution in [-0.4, -0.2) is 19.0 Å². The predicted octanol–water partition coefficient (Wildman–Crippen LogP) is 3.74. The molecule has 0 N–H and O–H groups in total. The van der Waals surface area contributed by atoms with Crippen molar-refractivity contribution in [2.75, 3.05) is 13.2 Å². The summed E-state index contributed by atoms with van der Waals surface area (Å²) in [5, 5.41) is 0. The molecule has 18 heavy (non-hydrogen) atoms. The van der Waals surface area contributed by atoms with Crippen molar-refractivity contribution in [1.29, 1.82) is 0 Å². The van der Waals surface area contributed by atoms with Crippen LogP contribution < -0.4 is 0 Å². The van der Waals surface area contributed by atoms with Gasteiger partial charge in [-0.25, -0.2) is 0 Å². The zero-order chi connectivity index (χ0) is 13.4. The SMILES string of the molecule is CCCCOCCC(=O)C(C)(C)c1ccccc1. The highest BCUT2D eigenvalue weighted by Gasteiger charge is 2.28. The molecular weight excluding hydrogens is 224 g/mol. The van der Waals surface area contributed by atoms with Crippen LogP contribution in [0.4, 0.5) is 0 Å². The predicted molar refractivity (Wildman–Crippen MR) is 74.8 cm³/mol. The summed E-state index contributed by atoms with van der Waals surface area (Å²) in [5.41, 5.74) is 0.651. The van der Waals surface area contributed by atoms with Gasteiger partial charge in [-0.3, -0.25) is 4.79 Å². The minimum Gasteiger partial charge on any atom is -0.381 e. The highest BCUT2D eigenvalue weighted by Crippen LogP contribution is 2.25. The van der Waals surface area contributed by atoms with E-state index in [9.17, 15) is 4.79 Å². The highest BCUT2D eigenvalue weighted by molar-refractivity contribution is 5.89. The maximum Gasteiger partial charge on any atom is 0.145 e. The fourth-order valence-corrected chi connectivity index (χ4v) is 1.84. The number of hydrogen-bond donors (Lipinski definition) is 0. The molecule has 2 nitrogen and oxygen atoms in total. The molecule has 1 aromatic rings. The van der Waals surface area contributed by atoms with E-state index in [-0.39, 0.29) is 5.78 Å². The third-order valence-electron chi connectivity index (χ3n) is 3.31. The highest BCUT2D eigenvalue weighted by atomic mass is 16.5. The Morgan fingerprint density at radius 1 is 1.17 bits per heavy atom. The fraction of sp³-hybridized carbons (Fsp3) is 0.562. The van der Waals surface area contributed by atoms with Crippen LogP contribution in [0.15, 0.2) is 30.3 Å². The lowest BCUT2D eigenvalue weighted by atomic mass is 9.79. The number of carbonyl (C=O) groups is 1. The van der Waals surface area contributed by atoms with Crippen molar-refractivity contribution in [3.63, 3.8) is 0 Å². The number of rotatable bonds is 8. The van der Waals surface area contributed by atoms with Crippen LogP contribution in [-0.2, 0) is 14.9 Å². The second-order valence-corrected chi connectivity index (χ2v) is 5.13. The molecular formula is C16H24O2. The van der Waals surface area contributed by atoms with Crippen LogP contribution in [0.25, 0.3) is 0 Å². The van der Waals surface area contributed by atoms with E-state index in [2.05, 4.69) is 6.92 Å². The zero-order valence-electron chi connectivity index (χ0n) is 11.7. The smallest absolute Gasteiger partial charge is 0.145 e. The molecule has 0 bridgehead atoms. The van der Waals surface area contributed by atoms with Gasteiger partial charge >= 0.3 is 0 Å². The first-order chi connectivity index (χ1) is 8.59. The second kappa shape index (κ2) is 7.32. The van der Waals surface area contributed by atoms with E-state index >= 15 is 0 Å². The first-order valence-corrected chi connectivity index (χ1v) is 6.75. The average Bonchev–Trinajstić information content (AvgIpc) is 2.39. The average molecular weight is 248 g/mol. The zero-order valence-corrected chi connectivity index (χ0v) is 11.7. The molecule has 0 saturated heterocycles. The van der Waals surface area contributed by atoms with E-state index in [0.717, 1.165) is 25.0 Å². The van der Waals surface area contributed by atoms with Gasteiger partial charge in [0.25, 0.3) is 0 Å². The third kappa shape index (κ3) is 4.26. The van der Waals surface area contributed by atoms with Crippen molar-refractivity contribution in [2.45, 2.75) is 45.4 Å². The van der Waals surface area contributed by atoms with Crippen molar-refractivity contribution >= 4 is 5.78 Å². The second-order valence-electron chi connectivity index (χ2n) is 5.13. The Kier molecular flexibility index (Phi) is 6.06. The van der Waals surface area contributed by atoms with Gasteiger partial charge < -0.3 is 4.74 Å². The molecule has 0 saturated carbocycles. The number of unbranched alkanes of at least 4 members (excludes halogenated alkanes) is 1. The normalized spacial score (nSPS) is 11.5. The molecule has 0 heterocycles. The Bertz CT molecular complexity index is 355. The molecule has 2 heteroatoms. The summed E-state index contributed by atoms with van der Waals surface area (Å²) in [5.74, 6) is 0.241. The molecule has 0 amide bonds. The van der Waals surface area contributed by atoms with Crippen LogP contribution >= 0.6 is 0 Å². The lowest BCUT2D eigenvalue weighted by Crippen LogP contribution is -2.29. The maximum absolute atomic E-state index is 12.2. The quantitative estimate of drug-likeness (QED) is 0.655. The van der Waals surface area contributed by atoms with Crippen molar-refractivity contribution in [1.82, 2.24) is 0 Å². The van der Waals surface area contributed by atoms with E-state index in [1.807, 2.05) is 44.2 Å². The molecule has 0 aliphatic carbocycles. The van der Waals surface area contributed by atoms with Crippen molar-refractivity contribution in [2.24, 2.45) is 0 Å². The fourth-order valence-electron chi connectivity index (χ4n) is 1.84.